The van der Waals surface area contributed by atoms with E-state index in [0.29, 0.717) is 12.5 Å². The number of amides is 1. The van der Waals surface area contributed by atoms with E-state index in [1.165, 1.54) is 31.4 Å². The minimum Gasteiger partial charge on any atom is -0.353 e. The van der Waals surface area contributed by atoms with Crippen molar-refractivity contribution in [3.8, 4) is 0 Å². The van der Waals surface area contributed by atoms with Gasteiger partial charge < -0.3 is 10.6 Å². The Morgan fingerprint density at radius 2 is 2.00 bits per heavy atom. The van der Waals surface area contributed by atoms with Gasteiger partial charge in [0, 0.05) is 12.5 Å². The van der Waals surface area contributed by atoms with E-state index in [9.17, 15) is 4.79 Å². The summed E-state index contributed by atoms with van der Waals surface area (Å²) in [6.45, 7) is 2.06. The molecule has 0 saturated heterocycles. The number of hydrogen-bond donors (Lipinski definition) is 2. The molecule has 0 unspecified atom stereocenters. The van der Waals surface area contributed by atoms with Crippen LogP contribution in [0, 0.1) is 0 Å². The Hall–Kier alpha value is -0.220. The van der Waals surface area contributed by atoms with Crippen LogP contribution in [0.1, 0.15) is 38.5 Å². The fourth-order valence-electron chi connectivity index (χ4n) is 1.52. The minimum atomic E-state index is 0.228. The molecular formula is C12H24N2OS. The number of carbonyl (C=O) groups is 1. The highest BCUT2D eigenvalue weighted by atomic mass is 32.2. The molecule has 1 rings (SSSR count). The van der Waals surface area contributed by atoms with E-state index >= 15 is 0 Å². The average Bonchev–Trinajstić information content (AvgIpc) is 3.06. The van der Waals surface area contributed by atoms with E-state index < -0.39 is 0 Å². The van der Waals surface area contributed by atoms with Gasteiger partial charge in [0.25, 0.3) is 0 Å². The smallest absolute Gasteiger partial charge is 0.220 e. The Labute approximate surface area is 103 Å². The number of nitrogens with one attached hydrogen (secondary N) is 2. The molecule has 1 saturated carbocycles. The second kappa shape index (κ2) is 8.88. The van der Waals surface area contributed by atoms with Crippen LogP contribution in [0.3, 0.4) is 0 Å². The highest BCUT2D eigenvalue weighted by molar-refractivity contribution is 7.98. The average molecular weight is 244 g/mol. The van der Waals surface area contributed by atoms with Crippen molar-refractivity contribution in [1.82, 2.24) is 10.6 Å². The molecule has 0 aliphatic heterocycles. The Bertz CT molecular complexity index is 195. The van der Waals surface area contributed by atoms with Crippen LogP contribution in [0.25, 0.3) is 0 Å². The predicted octanol–water partition coefficient (Wildman–Crippen LogP) is 1.78. The summed E-state index contributed by atoms with van der Waals surface area (Å²) in [5, 5.41) is 6.38. The zero-order chi connectivity index (χ0) is 11.6. The van der Waals surface area contributed by atoms with E-state index in [2.05, 4.69) is 16.9 Å². The maximum Gasteiger partial charge on any atom is 0.220 e. The number of carbonyl (C=O) groups excluding carboxylic acids is 1. The molecule has 1 amide bonds. The third-order valence-corrected chi connectivity index (χ3v) is 3.35. The summed E-state index contributed by atoms with van der Waals surface area (Å²) in [5.41, 5.74) is 0. The molecule has 94 valence electrons. The first-order valence-corrected chi connectivity index (χ1v) is 7.71. The van der Waals surface area contributed by atoms with Gasteiger partial charge in [-0.25, -0.2) is 0 Å². The molecule has 2 N–H and O–H groups in total. The molecule has 0 aromatic carbocycles. The van der Waals surface area contributed by atoms with E-state index in [4.69, 9.17) is 0 Å². The standard InChI is InChI=1S/C12H24N2OS/c1-16-10-3-2-8-13-9-4-5-12(15)14-11-6-7-11/h11,13H,2-10H2,1H3,(H,14,15). The molecule has 16 heavy (non-hydrogen) atoms. The van der Waals surface area contributed by atoms with Crippen LogP contribution < -0.4 is 10.6 Å². The van der Waals surface area contributed by atoms with Gasteiger partial charge in [0.1, 0.15) is 0 Å². The lowest BCUT2D eigenvalue weighted by Crippen LogP contribution is -2.26. The van der Waals surface area contributed by atoms with Gasteiger partial charge in [-0.2, -0.15) is 11.8 Å². The van der Waals surface area contributed by atoms with Gasteiger partial charge in [-0.1, -0.05) is 0 Å². The second-order valence-electron chi connectivity index (χ2n) is 4.40. The van der Waals surface area contributed by atoms with Crippen LogP contribution in [0.2, 0.25) is 0 Å². The zero-order valence-electron chi connectivity index (χ0n) is 10.3. The molecule has 0 heterocycles. The van der Waals surface area contributed by atoms with E-state index in [0.717, 1.165) is 19.5 Å². The molecule has 0 spiro atoms. The first-order valence-electron chi connectivity index (χ1n) is 6.32. The topological polar surface area (TPSA) is 41.1 Å². The number of thioether (sulfide) groups is 1. The van der Waals surface area contributed by atoms with Crippen LogP contribution in [-0.2, 0) is 4.79 Å². The molecule has 1 fully saturated rings. The molecular weight excluding hydrogens is 220 g/mol. The van der Waals surface area contributed by atoms with Crippen LogP contribution >= 0.6 is 11.8 Å². The monoisotopic (exact) mass is 244 g/mol. The third kappa shape index (κ3) is 7.99. The van der Waals surface area contributed by atoms with Crippen molar-refractivity contribution >= 4 is 17.7 Å². The summed E-state index contributed by atoms with van der Waals surface area (Å²) >= 11 is 1.90. The Morgan fingerprint density at radius 3 is 2.69 bits per heavy atom. The molecule has 3 nitrogen and oxygen atoms in total. The molecule has 0 atom stereocenters. The highest BCUT2D eigenvalue weighted by Crippen LogP contribution is 2.18. The Kier molecular flexibility index (Phi) is 7.68. The summed E-state index contributed by atoms with van der Waals surface area (Å²) in [6, 6.07) is 0.506. The molecule has 0 radical (unpaired) electrons. The summed E-state index contributed by atoms with van der Waals surface area (Å²) in [6.07, 6.45) is 8.67. The van der Waals surface area contributed by atoms with E-state index in [1.54, 1.807) is 0 Å². The maximum absolute atomic E-state index is 11.3. The zero-order valence-corrected chi connectivity index (χ0v) is 11.1. The highest BCUT2D eigenvalue weighted by Gasteiger charge is 2.22. The van der Waals surface area contributed by atoms with Crippen LogP contribution in [0.4, 0.5) is 0 Å². The van der Waals surface area contributed by atoms with Crippen molar-refractivity contribution in [1.29, 1.82) is 0 Å². The van der Waals surface area contributed by atoms with Gasteiger partial charge in [-0.3, -0.25) is 4.79 Å². The third-order valence-electron chi connectivity index (χ3n) is 2.65. The predicted molar refractivity (Wildman–Crippen MR) is 70.9 cm³/mol. The Balaban J connectivity index is 1.75. The van der Waals surface area contributed by atoms with Crippen LogP contribution in [0.15, 0.2) is 0 Å². The quantitative estimate of drug-likeness (QED) is 0.576. The van der Waals surface area contributed by atoms with Crippen LogP contribution in [0.5, 0.6) is 0 Å². The van der Waals surface area contributed by atoms with Gasteiger partial charge in [0.2, 0.25) is 5.91 Å². The minimum absolute atomic E-state index is 0.228. The Morgan fingerprint density at radius 1 is 1.25 bits per heavy atom. The summed E-state index contributed by atoms with van der Waals surface area (Å²) in [4.78, 5) is 11.3. The normalized spacial score (nSPS) is 15.1. The fourth-order valence-corrected chi connectivity index (χ4v) is 2.02. The van der Waals surface area contributed by atoms with Crippen molar-refractivity contribution in [3.05, 3.63) is 0 Å². The lowest BCUT2D eigenvalue weighted by atomic mass is 10.3. The largest absolute Gasteiger partial charge is 0.353 e. The van der Waals surface area contributed by atoms with Gasteiger partial charge >= 0.3 is 0 Å². The molecule has 1 aliphatic rings. The van der Waals surface area contributed by atoms with Crippen molar-refractivity contribution in [3.63, 3.8) is 0 Å². The van der Waals surface area contributed by atoms with E-state index in [-0.39, 0.29) is 5.91 Å². The molecule has 4 heteroatoms. The van der Waals surface area contributed by atoms with Crippen LogP contribution in [-0.4, -0.2) is 37.0 Å². The lowest BCUT2D eigenvalue weighted by molar-refractivity contribution is -0.121. The molecule has 1 aliphatic carbocycles. The van der Waals surface area contributed by atoms with Crippen molar-refractivity contribution < 1.29 is 4.79 Å². The van der Waals surface area contributed by atoms with E-state index in [1.807, 2.05) is 11.8 Å². The van der Waals surface area contributed by atoms with Crippen molar-refractivity contribution in [2.75, 3.05) is 25.1 Å². The summed E-state index contributed by atoms with van der Waals surface area (Å²) in [5.74, 6) is 1.48. The summed E-state index contributed by atoms with van der Waals surface area (Å²) < 4.78 is 0. The number of rotatable bonds is 10. The first kappa shape index (κ1) is 13.8. The van der Waals surface area contributed by atoms with Crippen molar-refractivity contribution in [2.45, 2.75) is 44.6 Å². The second-order valence-corrected chi connectivity index (χ2v) is 5.38. The van der Waals surface area contributed by atoms with Gasteiger partial charge in [0.15, 0.2) is 0 Å². The van der Waals surface area contributed by atoms with Gasteiger partial charge in [-0.15, -0.1) is 0 Å². The summed E-state index contributed by atoms with van der Waals surface area (Å²) in [7, 11) is 0. The molecule has 0 aromatic heterocycles. The van der Waals surface area contributed by atoms with Gasteiger partial charge in [0.05, 0.1) is 0 Å². The molecule has 0 bridgehead atoms. The maximum atomic E-state index is 11.3. The fraction of sp³-hybridized carbons (Fsp3) is 0.917. The van der Waals surface area contributed by atoms with Gasteiger partial charge in [-0.05, 0) is 57.2 Å². The molecule has 0 aromatic rings. The number of hydrogen-bond acceptors (Lipinski definition) is 3. The van der Waals surface area contributed by atoms with Crippen molar-refractivity contribution in [2.24, 2.45) is 0 Å². The first-order chi connectivity index (χ1) is 7.83. The SMILES string of the molecule is CSCCCCNCCCC(=O)NC1CC1. The lowest BCUT2D eigenvalue weighted by Gasteiger charge is -2.05. The number of unbranched alkanes of at least 4 members (excludes halogenated alkanes) is 1.